The fraction of sp³-hybridized carbons (Fsp3) is 0.526. The van der Waals surface area contributed by atoms with Crippen LogP contribution in [0.5, 0.6) is 0 Å². The fourth-order valence-corrected chi connectivity index (χ4v) is 2.90. The highest BCUT2D eigenvalue weighted by molar-refractivity contribution is 5.52. The number of benzene rings is 1. The zero-order valence-electron chi connectivity index (χ0n) is 14.4. The zero-order valence-corrected chi connectivity index (χ0v) is 14.4. The molecular formula is C19H25FN2O2. The molecule has 130 valence electrons. The van der Waals surface area contributed by atoms with E-state index in [4.69, 9.17) is 9.15 Å². The molecule has 2 heterocycles. The first-order valence-corrected chi connectivity index (χ1v) is 8.64. The molecule has 0 atom stereocenters. The van der Waals surface area contributed by atoms with E-state index in [0.29, 0.717) is 17.9 Å². The van der Waals surface area contributed by atoms with E-state index < -0.39 is 0 Å². The quantitative estimate of drug-likeness (QED) is 0.798. The molecule has 0 radical (unpaired) electrons. The second kappa shape index (κ2) is 7.90. The third-order valence-corrected chi connectivity index (χ3v) is 4.23. The number of hydrogen-bond acceptors (Lipinski definition) is 4. The summed E-state index contributed by atoms with van der Waals surface area (Å²) in [6, 6.07) is 6.20. The van der Waals surface area contributed by atoms with E-state index in [0.717, 1.165) is 50.3 Å². The van der Waals surface area contributed by atoms with Crippen LogP contribution >= 0.6 is 0 Å². The molecule has 3 rings (SSSR count). The number of likely N-dealkylation sites (tertiary alicyclic amines) is 1. The van der Waals surface area contributed by atoms with Gasteiger partial charge in [0.15, 0.2) is 0 Å². The van der Waals surface area contributed by atoms with Gasteiger partial charge < -0.3 is 9.15 Å². The van der Waals surface area contributed by atoms with Gasteiger partial charge in [-0.05, 0) is 43.0 Å². The topological polar surface area (TPSA) is 38.5 Å². The lowest BCUT2D eigenvalue weighted by Gasteiger charge is -2.31. The molecule has 0 aliphatic carbocycles. The zero-order chi connectivity index (χ0) is 16.9. The van der Waals surface area contributed by atoms with Gasteiger partial charge >= 0.3 is 0 Å². The lowest BCUT2D eigenvalue weighted by molar-refractivity contribution is -0.00603. The summed E-state index contributed by atoms with van der Waals surface area (Å²) in [6.45, 7) is 8.01. The summed E-state index contributed by atoms with van der Waals surface area (Å²) in [5.74, 6) is 0.872. The van der Waals surface area contributed by atoms with Crippen LogP contribution in [-0.4, -0.2) is 35.7 Å². The van der Waals surface area contributed by atoms with Crippen LogP contribution in [0.25, 0.3) is 11.5 Å². The molecule has 0 spiro atoms. The van der Waals surface area contributed by atoms with Crippen LogP contribution in [0.15, 0.2) is 34.9 Å². The third kappa shape index (κ3) is 4.65. The maximum absolute atomic E-state index is 13.0. The Morgan fingerprint density at radius 3 is 2.62 bits per heavy atom. The van der Waals surface area contributed by atoms with Gasteiger partial charge in [-0.2, -0.15) is 0 Å². The van der Waals surface area contributed by atoms with Gasteiger partial charge in [0.05, 0.1) is 11.8 Å². The van der Waals surface area contributed by atoms with E-state index in [1.165, 1.54) is 12.1 Å². The Bertz CT molecular complexity index is 631. The van der Waals surface area contributed by atoms with Crippen LogP contribution in [0.3, 0.4) is 0 Å². The van der Waals surface area contributed by atoms with Crippen molar-refractivity contribution < 1.29 is 13.5 Å². The highest BCUT2D eigenvalue weighted by Gasteiger charge is 2.21. The number of piperidine rings is 1. The van der Waals surface area contributed by atoms with Crippen molar-refractivity contribution in [2.24, 2.45) is 5.92 Å². The van der Waals surface area contributed by atoms with E-state index in [-0.39, 0.29) is 5.82 Å². The predicted octanol–water partition coefficient (Wildman–Crippen LogP) is 4.12. The molecule has 5 heteroatoms. The van der Waals surface area contributed by atoms with Crippen molar-refractivity contribution in [1.29, 1.82) is 0 Å². The Morgan fingerprint density at radius 2 is 1.96 bits per heavy atom. The van der Waals surface area contributed by atoms with Gasteiger partial charge in [0.2, 0.25) is 5.89 Å². The monoisotopic (exact) mass is 332 g/mol. The molecule has 1 aromatic carbocycles. The van der Waals surface area contributed by atoms with Crippen LogP contribution < -0.4 is 0 Å². The summed E-state index contributed by atoms with van der Waals surface area (Å²) in [6.07, 6.45) is 4.21. The van der Waals surface area contributed by atoms with E-state index in [1.54, 1.807) is 18.4 Å². The van der Waals surface area contributed by atoms with E-state index in [9.17, 15) is 4.39 Å². The van der Waals surface area contributed by atoms with Gasteiger partial charge in [-0.25, -0.2) is 9.37 Å². The molecule has 1 saturated heterocycles. The van der Waals surface area contributed by atoms with Gasteiger partial charge in [-0.3, -0.25) is 4.90 Å². The molecule has 0 bridgehead atoms. The number of rotatable bonds is 6. The fourth-order valence-electron chi connectivity index (χ4n) is 2.90. The third-order valence-electron chi connectivity index (χ3n) is 4.23. The number of aromatic nitrogens is 1. The normalized spacial score (nSPS) is 16.8. The molecule has 0 N–H and O–H groups in total. The molecule has 4 nitrogen and oxygen atoms in total. The second-order valence-electron chi connectivity index (χ2n) is 6.85. The first-order valence-electron chi connectivity index (χ1n) is 8.64. The first kappa shape index (κ1) is 17.1. The predicted molar refractivity (Wildman–Crippen MR) is 91.0 cm³/mol. The van der Waals surface area contributed by atoms with Crippen molar-refractivity contribution in [3.05, 3.63) is 42.0 Å². The molecule has 0 unspecified atom stereocenters. The van der Waals surface area contributed by atoms with Gasteiger partial charge in [0.25, 0.3) is 0 Å². The summed E-state index contributed by atoms with van der Waals surface area (Å²) < 4.78 is 24.4. The Hall–Kier alpha value is -1.72. The second-order valence-corrected chi connectivity index (χ2v) is 6.85. The molecule has 24 heavy (non-hydrogen) atoms. The van der Waals surface area contributed by atoms with E-state index in [2.05, 4.69) is 23.7 Å². The summed E-state index contributed by atoms with van der Waals surface area (Å²) in [5, 5.41) is 0. The first-order chi connectivity index (χ1) is 11.6. The van der Waals surface area contributed by atoms with Gasteiger partial charge in [-0.1, -0.05) is 13.8 Å². The number of ether oxygens (including phenoxy) is 1. The van der Waals surface area contributed by atoms with Crippen molar-refractivity contribution in [3.8, 4) is 11.5 Å². The lowest BCUT2D eigenvalue weighted by Crippen LogP contribution is -2.37. The Morgan fingerprint density at radius 1 is 1.25 bits per heavy atom. The summed E-state index contributed by atoms with van der Waals surface area (Å²) in [4.78, 5) is 6.90. The molecule has 0 saturated carbocycles. The highest BCUT2D eigenvalue weighted by atomic mass is 19.1. The Kier molecular flexibility index (Phi) is 5.63. The van der Waals surface area contributed by atoms with Crippen molar-refractivity contribution in [1.82, 2.24) is 9.88 Å². The largest absolute Gasteiger partial charge is 0.444 e. The summed E-state index contributed by atoms with van der Waals surface area (Å²) in [7, 11) is 0. The number of nitrogens with zero attached hydrogens (tertiary/aromatic N) is 2. The van der Waals surface area contributed by atoms with Crippen molar-refractivity contribution in [2.45, 2.75) is 39.3 Å². The number of halogens is 1. The van der Waals surface area contributed by atoms with E-state index >= 15 is 0 Å². The van der Waals surface area contributed by atoms with Gasteiger partial charge in [0, 0.05) is 31.8 Å². The SMILES string of the molecule is CC(C)COC1CCN(Cc2coc(-c3ccc(F)cc3)n2)CC1. The average Bonchev–Trinajstić information content (AvgIpc) is 3.03. The minimum atomic E-state index is -0.256. The maximum atomic E-state index is 13.0. The number of oxazole rings is 1. The van der Waals surface area contributed by atoms with Crippen molar-refractivity contribution >= 4 is 0 Å². The van der Waals surface area contributed by atoms with Crippen molar-refractivity contribution in [2.75, 3.05) is 19.7 Å². The lowest BCUT2D eigenvalue weighted by atomic mass is 10.1. The highest BCUT2D eigenvalue weighted by Crippen LogP contribution is 2.21. The molecule has 1 aromatic heterocycles. The maximum Gasteiger partial charge on any atom is 0.226 e. The molecule has 1 aliphatic heterocycles. The van der Waals surface area contributed by atoms with Crippen LogP contribution in [0, 0.1) is 11.7 Å². The Balaban J connectivity index is 1.50. The smallest absolute Gasteiger partial charge is 0.226 e. The summed E-state index contributed by atoms with van der Waals surface area (Å²) in [5.41, 5.74) is 1.71. The van der Waals surface area contributed by atoms with Crippen LogP contribution in [0.4, 0.5) is 4.39 Å². The molecule has 2 aromatic rings. The van der Waals surface area contributed by atoms with Crippen molar-refractivity contribution in [3.63, 3.8) is 0 Å². The van der Waals surface area contributed by atoms with Crippen LogP contribution in [0.1, 0.15) is 32.4 Å². The molecule has 0 amide bonds. The van der Waals surface area contributed by atoms with E-state index in [1.807, 2.05) is 0 Å². The average molecular weight is 332 g/mol. The minimum absolute atomic E-state index is 0.256. The Labute approximate surface area is 142 Å². The number of hydrogen-bond donors (Lipinski definition) is 0. The molecular weight excluding hydrogens is 307 g/mol. The standard InChI is InChI=1S/C19H25FN2O2/c1-14(2)12-23-18-7-9-22(10-8-18)11-17-13-24-19(21-17)15-3-5-16(20)6-4-15/h3-6,13-14,18H,7-12H2,1-2H3. The molecule has 1 aliphatic rings. The minimum Gasteiger partial charge on any atom is -0.444 e. The van der Waals surface area contributed by atoms with Crippen LogP contribution in [0.2, 0.25) is 0 Å². The van der Waals surface area contributed by atoms with Gasteiger partial charge in [-0.15, -0.1) is 0 Å². The summed E-state index contributed by atoms with van der Waals surface area (Å²) >= 11 is 0. The molecule has 1 fully saturated rings. The van der Waals surface area contributed by atoms with Crippen LogP contribution in [-0.2, 0) is 11.3 Å². The van der Waals surface area contributed by atoms with Gasteiger partial charge in [0.1, 0.15) is 12.1 Å².